The average molecular weight is 372 g/mol. The number of rotatable bonds is 7. The van der Waals surface area contributed by atoms with Crippen molar-refractivity contribution in [2.75, 3.05) is 33.1 Å². The summed E-state index contributed by atoms with van der Waals surface area (Å²) in [5.41, 5.74) is 0.406. The Morgan fingerprint density at radius 2 is 1.92 bits per heavy atom. The normalized spacial score (nSPS) is 12.4. The number of benzene rings is 1. The summed E-state index contributed by atoms with van der Waals surface area (Å²) in [6.45, 7) is 3.62. The molecule has 0 aromatic heterocycles. The second kappa shape index (κ2) is 8.67. The van der Waals surface area contributed by atoms with E-state index in [2.05, 4.69) is 16.0 Å². The summed E-state index contributed by atoms with van der Waals surface area (Å²) in [6, 6.07) is 3.13. The van der Waals surface area contributed by atoms with Crippen LogP contribution in [0.5, 0.6) is 5.75 Å². The lowest BCUT2D eigenvalue weighted by Crippen LogP contribution is -2.44. The van der Waals surface area contributed by atoms with Crippen LogP contribution in [0.2, 0.25) is 0 Å². The molecule has 9 nitrogen and oxygen atoms in total. The molecule has 0 aliphatic rings. The molecule has 0 saturated heterocycles. The first-order valence-corrected chi connectivity index (χ1v) is 9.06. The topological polar surface area (TPSA) is 117 Å². The fraction of sp³-hybridized carbons (Fsp3) is 0.467. The molecule has 1 rings (SSSR count). The monoisotopic (exact) mass is 372 g/mol. The lowest BCUT2D eigenvalue weighted by molar-refractivity contribution is -0.120. The van der Waals surface area contributed by atoms with Crippen molar-refractivity contribution in [2.24, 2.45) is 0 Å². The molecule has 0 heterocycles. The molecule has 10 heteroatoms. The SMILES string of the molecule is CCOc1ccc(NC(C)C(=O)NC(=O)NC)cc1S(=O)(=O)N(C)C. The zero-order chi connectivity index (χ0) is 19.2. The molecule has 0 fully saturated rings. The third kappa shape index (κ3) is 5.33. The van der Waals surface area contributed by atoms with Gasteiger partial charge in [-0.15, -0.1) is 0 Å². The number of imide groups is 1. The Labute approximate surface area is 147 Å². The van der Waals surface area contributed by atoms with Gasteiger partial charge in [0.05, 0.1) is 6.61 Å². The highest BCUT2D eigenvalue weighted by Crippen LogP contribution is 2.29. The highest BCUT2D eigenvalue weighted by molar-refractivity contribution is 7.89. The van der Waals surface area contributed by atoms with Gasteiger partial charge in [0.1, 0.15) is 16.7 Å². The van der Waals surface area contributed by atoms with E-state index in [4.69, 9.17) is 4.74 Å². The van der Waals surface area contributed by atoms with Gasteiger partial charge in [-0.2, -0.15) is 0 Å². The van der Waals surface area contributed by atoms with Crippen molar-refractivity contribution < 1.29 is 22.7 Å². The first kappa shape index (κ1) is 20.7. The molecular formula is C15H24N4O5S. The van der Waals surface area contributed by atoms with Crippen LogP contribution in [-0.4, -0.2) is 58.5 Å². The average Bonchev–Trinajstić information content (AvgIpc) is 2.55. The van der Waals surface area contributed by atoms with Crippen LogP contribution >= 0.6 is 0 Å². The molecule has 1 atom stereocenters. The quantitative estimate of drug-likeness (QED) is 0.645. The Morgan fingerprint density at radius 1 is 1.28 bits per heavy atom. The molecule has 1 aromatic rings. The van der Waals surface area contributed by atoms with Gasteiger partial charge in [0.2, 0.25) is 15.9 Å². The third-order valence-corrected chi connectivity index (χ3v) is 5.08. The van der Waals surface area contributed by atoms with E-state index >= 15 is 0 Å². The van der Waals surface area contributed by atoms with Crippen LogP contribution in [0.15, 0.2) is 23.1 Å². The number of urea groups is 1. The number of hydrogen-bond donors (Lipinski definition) is 3. The van der Waals surface area contributed by atoms with Crippen LogP contribution in [-0.2, 0) is 14.8 Å². The third-order valence-electron chi connectivity index (χ3n) is 3.24. The Balaban J connectivity index is 3.10. The number of hydrogen-bond acceptors (Lipinski definition) is 6. The largest absolute Gasteiger partial charge is 0.492 e. The van der Waals surface area contributed by atoms with Crippen LogP contribution in [0.1, 0.15) is 13.8 Å². The molecule has 0 aliphatic heterocycles. The molecule has 0 bridgehead atoms. The molecule has 1 aromatic carbocycles. The number of amides is 3. The Hall–Kier alpha value is -2.33. The summed E-state index contributed by atoms with van der Waals surface area (Å²) in [4.78, 5) is 23.1. The van der Waals surface area contributed by atoms with Crippen molar-refractivity contribution in [3.8, 4) is 5.75 Å². The molecule has 3 N–H and O–H groups in total. The predicted octanol–water partition coefficient (Wildman–Crippen LogP) is 0.592. The summed E-state index contributed by atoms with van der Waals surface area (Å²) >= 11 is 0. The maximum Gasteiger partial charge on any atom is 0.321 e. The van der Waals surface area contributed by atoms with Crippen LogP contribution in [0.25, 0.3) is 0 Å². The Kier molecular flexibility index (Phi) is 7.19. The van der Waals surface area contributed by atoms with E-state index in [1.54, 1.807) is 19.9 Å². The van der Waals surface area contributed by atoms with Gasteiger partial charge in [0, 0.05) is 26.8 Å². The van der Waals surface area contributed by atoms with Gasteiger partial charge in [-0.25, -0.2) is 17.5 Å². The van der Waals surface area contributed by atoms with E-state index in [1.165, 1.54) is 33.3 Å². The van der Waals surface area contributed by atoms with Gasteiger partial charge in [-0.1, -0.05) is 0 Å². The molecule has 0 spiro atoms. The fourth-order valence-electron chi connectivity index (χ4n) is 1.87. The second-order valence-corrected chi connectivity index (χ2v) is 7.44. The molecule has 140 valence electrons. The van der Waals surface area contributed by atoms with Gasteiger partial charge < -0.3 is 15.4 Å². The Morgan fingerprint density at radius 3 is 2.44 bits per heavy atom. The van der Waals surface area contributed by atoms with E-state index in [0.29, 0.717) is 12.3 Å². The summed E-state index contributed by atoms with van der Waals surface area (Å²) < 4.78 is 31.4. The lowest BCUT2D eigenvalue weighted by atomic mass is 10.2. The zero-order valence-corrected chi connectivity index (χ0v) is 15.7. The van der Waals surface area contributed by atoms with Crippen molar-refractivity contribution in [2.45, 2.75) is 24.8 Å². The minimum Gasteiger partial charge on any atom is -0.492 e. The van der Waals surface area contributed by atoms with Crippen molar-refractivity contribution in [1.82, 2.24) is 14.9 Å². The summed E-state index contributed by atoms with van der Waals surface area (Å²) in [6.07, 6.45) is 0. The summed E-state index contributed by atoms with van der Waals surface area (Å²) in [5.74, 6) is -0.325. The van der Waals surface area contributed by atoms with Crippen LogP contribution in [0.4, 0.5) is 10.5 Å². The molecule has 25 heavy (non-hydrogen) atoms. The number of ether oxygens (including phenoxy) is 1. The minimum atomic E-state index is -3.73. The van der Waals surface area contributed by atoms with Gasteiger partial charge in [0.25, 0.3) is 0 Å². The van der Waals surface area contributed by atoms with Gasteiger partial charge >= 0.3 is 6.03 Å². The van der Waals surface area contributed by atoms with E-state index in [0.717, 1.165) is 4.31 Å². The first-order valence-electron chi connectivity index (χ1n) is 7.62. The number of nitrogens with zero attached hydrogens (tertiary/aromatic N) is 1. The smallest absolute Gasteiger partial charge is 0.321 e. The van der Waals surface area contributed by atoms with Crippen LogP contribution in [0, 0.1) is 0 Å². The maximum atomic E-state index is 12.5. The molecule has 0 aliphatic carbocycles. The zero-order valence-electron chi connectivity index (χ0n) is 14.9. The van der Waals surface area contributed by atoms with E-state index in [1.807, 2.05) is 0 Å². The molecule has 3 amide bonds. The van der Waals surface area contributed by atoms with Crippen molar-refractivity contribution in [1.29, 1.82) is 0 Å². The van der Waals surface area contributed by atoms with E-state index in [9.17, 15) is 18.0 Å². The van der Waals surface area contributed by atoms with Crippen molar-refractivity contribution >= 4 is 27.6 Å². The van der Waals surface area contributed by atoms with Crippen molar-refractivity contribution in [3.63, 3.8) is 0 Å². The highest BCUT2D eigenvalue weighted by atomic mass is 32.2. The van der Waals surface area contributed by atoms with Crippen LogP contribution < -0.4 is 20.7 Å². The predicted molar refractivity (Wildman–Crippen MR) is 94.2 cm³/mol. The van der Waals surface area contributed by atoms with E-state index < -0.39 is 28.0 Å². The van der Waals surface area contributed by atoms with Gasteiger partial charge in [-0.05, 0) is 32.0 Å². The minimum absolute atomic E-state index is 0.0109. The molecule has 0 radical (unpaired) electrons. The number of anilines is 1. The number of carbonyl (C=O) groups excluding carboxylic acids is 2. The Bertz CT molecular complexity index is 733. The van der Waals surface area contributed by atoms with Crippen LogP contribution in [0.3, 0.4) is 0 Å². The van der Waals surface area contributed by atoms with Gasteiger partial charge in [0.15, 0.2) is 0 Å². The van der Waals surface area contributed by atoms with E-state index in [-0.39, 0.29) is 10.6 Å². The van der Waals surface area contributed by atoms with Crippen molar-refractivity contribution in [3.05, 3.63) is 18.2 Å². The summed E-state index contributed by atoms with van der Waals surface area (Å²) in [7, 11) is 0.509. The fourth-order valence-corrected chi connectivity index (χ4v) is 2.92. The summed E-state index contributed by atoms with van der Waals surface area (Å²) in [5, 5.41) is 7.28. The first-order chi connectivity index (χ1) is 11.6. The lowest BCUT2D eigenvalue weighted by Gasteiger charge is -2.19. The second-order valence-electron chi connectivity index (χ2n) is 5.32. The number of nitrogens with one attached hydrogen (secondary N) is 3. The van der Waals surface area contributed by atoms with Gasteiger partial charge in [-0.3, -0.25) is 10.1 Å². The molecule has 1 unspecified atom stereocenters. The standard InChI is InChI=1S/C15H24N4O5S/c1-6-24-12-8-7-11(9-13(12)25(22,23)19(4)5)17-10(2)14(20)18-15(21)16-3/h7-10,17H,6H2,1-5H3,(H2,16,18,20,21). The number of carbonyl (C=O) groups is 2. The molecular weight excluding hydrogens is 348 g/mol. The number of sulfonamides is 1. The molecule has 0 saturated carbocycles. The maximum absolute atomic E-state index is 12.5. The highest BCUT2D eigenvalue weighted by Gasteiger charge is 2.24.